The van der Waals surface area contributed by atoms with Gasteiger partial charge in [0.25, 0.3) is 0 Å². The summed E-state index contributed by atoms with van der Waals surface area (Å²) in [6.45, 7) is 20.4. The number of rotatable bonds is 13. The van der Waals surface area contributed by atoms with E-state index in [1.54, 1.807) is 0 Å². The molecule has 0 N–H and O–H groups in total. The van der Waals surface area contributed by atoms with Crippen molar-refractivity contribution >= 4 is 14.1 Å². The van der Waals surface area contributed by atoms with Crippen LogP contribution in [0.25, 0.3) is 0 Å². The highest BCUT2D eigenvalue weighted by atomic mass is 28.4. The molecule has 0 aromatic rings. The summed E-state index contributed by atoms with van der Waals surface area (Å²) in [5, 5.41) is 0. The van der Waals surface area contributed by atoms with Crippen LogP contribution in [0.1, 0.15) is 106 Å². The van der Waals surface area contributed by atoms with E-state index in [9.17, 15) is 4.79 Å². The minimum absolute atomic E-state index is 0.00727. The molecule has 0 aromatic heterocycles. The predicted octanol–water partition coefficient (Wildman–Crippen LogP) is 8.57. The summed E-state index contributed by atoms with van der Waals surface area (Å²) < 4.78 is 6.84. The van der Waals surface area contributed by atoms with Crippen LogP contribution < -0.4 is 0 Å². The van der Waals surface area contributed by atoms with Gasteiger partial charge in [0.2, 0.25) is 0 Å². The van der Waals surface area contributed by atoms with Crippen molar-refractivity contribution in [3.05, 3.63) is 12.7 Å². The summed E-state index contributed by atoms with van der Waals surface area (Å²) in [4.78, 5) is 12.9. The Labute approximate surface area is 195 Å². The standard InChI is InChI=1S/C28H52O2Si/c1-9-13-16-23-20-26(29)25-18-17-24(28(25,8)21-23)22(5)15-14-19-27(6,7)30-31(10-2,11-3)12-4/h9,22-25H,1,10-21H2,2-8H3/t22-,23+,24-,25+,28-/m1/s1. The van der Waals surface area contributed by atoms with Gasteiger partial charge in [0.1, 0.15) is 5.78 Å². The van der Waals surface area contributed by atoms with Crippen LogP contribution in [-0.4, -0.2) is 19.7 Å². The average Bonchev–Trinajstić information content (AvgIpc) is 3.08. The monoisotopic (exact) mass is 448 g/mol. The molecule has 3 heteroatoms. The quantitative estimate of drug-likeness (QED) is 0.208. The Morgan fingerprint density at radius 2 is 1.87 bits per heavy atom. The van der Waals surface area contributed by atoms with Crippen LogP contribution in [0.3, 0.4) is 0 Å². The Morgan fingerprint density at radius 3 is 2.45 bits per heavy atom. The molecule has 5 atom stereocenters. The lowest BCUT2D eigenvalue weighted by atomic mass is 9.58. The zero-order chi connectivity index (χ0) is 23.3. The van der Waals surface area contributed by atoms with Crippen LogP contribution in [0, 0.1) is 29.1 Å². The van der Waals surface area contributed by atoms with E-state index in [0.717, 1.165) is 32.1 Å². The Bertz CT molecular complexity index is 586. The van der Waals surface area contributed by atoms with Crippen LogP contribution in [0.15, 0.2) is 12.7 Å². The molecule has 0 bridgehead atoms. The first-order valence-electron chi connectivity index (χ1n) is 13.4. The molecular formula is C28H52O2Si. The molecule has 0 spiro atoms. The molecule has 0 saturated heterocycles. The Hall–Kier alpha value is -0.413. The smallest absolute Gasteiger partial charge is 0.192 e. The van der Waals surface area contributed by atoms with Gasteiger partial charge in [-0.2, -0.15) is 0 Å². The van der Waals surface area contributed by atoms with E-state index in [1.165, 1.54) is 43.8 Å². The molecule has 0 aromatic carbocycles. The van der Waals surface area contributed by atoms with Crippen LogP contribution in [-0.2, 0) is 9.22 Å². The zero-order valence-corrected chi connectivity index (χ0v) is 22.9. The highest BCUT2D eigenvalue weighted by molar-refractivity contribution is 6.73. The molecule has 0 heterocycles. The van der Waals surface area contributed by atoms with Gasteiger partial charge >= 0.3 is 0 Å². The summed E-state index contributed by atoms with van der Waals surface area (Å²) >= 11 is 0. The third kappa shape index (κ3) is 6.34. The van der Waals surface area contributed by atoms with Crippen molar-refractivity contribution in [3.63, 3.8) is 0 Å². The second-order valence-electron chi connectivity index (χ2n) is 11.8. The normalized spacial score (nSPS) is 30.3. The first-order chi connectivity index (χ1) is 14.6. The van der Waals surface area contributed by atoms with Crippen molar-refractivity contribution in [2.75, 3.05) is 0 Å². The maximum atomic E-state index is 12.9. The SMILES string of the molecule is C=CCC[C@H]1CC(=O)[C@@H]2CC[C@H]([C@H](C)CCCC(C)(C)O[Si](CC)(CC)CC)[C@@]2(C)C1. The average molecular weight is 449 g/mol. The molecule has 2 rings (SSSR count). The maximum absolute atomic E-state index is 12.9. The molecule has 2 fully saturated rings. The minimum atomic E-state index is -1.56. The molecule has 2 saturated carbocycles. The van der Waals surface area contributed by atoms with E-state index in [1.807, 2.05) is 6.08 Å². The van der Waals surface area contributed by atoms with Crippen molar-refractivity contribution in [1.29, 1.82) is 0 Å². The van der Waals surface area contributed by atoms with Crippen molar-refractivity contribution in [1.82, 2.24) is 0 Å². The first-order valence-corrected chi connectivity index (χ1v) is 15.9. The number of hydrogen-bond acceptors (Lipinski definition) is 2. The number of fused-ring (bicyclic) bond motifs is 1. The van der Waals surface area contributed by atoms with Gasteiger partial charge in [0, 0.05) is 12.3 Å². The van der Waals surface area contributed by atoms with E-state index >= 15 is 0 Å². The summed E-state index contributed by atoms with van der Waals surface area (Å²) in [5.74, 6) is 2.86. The van der Waals surface area contributed by atoms with Gasteiger partial charge in [0.15, 0.2) is 8.32 Å². The fourth-order valence-corrected chi connectivity index (χ4v) is 10.6. The molecule has 0 aliphatic heterocycles. The second kappa shape index (κ2) is 11.1. The predicted molar refractivity (Wildman–Crippen MR) is 137 cm³/mol. The fourth-order valence-electron chi connectivity index (χ4n) is 7.35. The van der Waals surface area contributed by atoms with Crippen LogP contribution in [0.5, 0.6) is 0 Å². The van der Waals surface area contributed by atoms with Gasteiger partial charge in [-0.25, -0.2) is 0 Å². The first kappa shape index (κ1) is 26.8. The molecule has 2 aliphatic rings. The lowest BCUT2D eigenvalue weighted by Crippen LogP contribution is -2.44. The van der Waals surface area contributed by atoms with Gasteiger partial charge in [-0.05, 0) is 93.7 Å². The van der Waals surface area contributed by atoms with Crippen molar-refractivity contribution in [2.45, 2.75) is 130 Å². The second-order valence-corrected chi connectivity index (χ2v) is 16.5. The number of allylic oxidation sites excluding steroid dienone is 1. The minimum Gasteiger partial charge on any atom is -0.412 e. The van der Waals surface area contributed by atoms with E-state index in [2.05, 4.69) is 55.0 Å². The number of carbonyl (C=O) groups is 1. The topological polar surface area (TPSA) is 26.3 Å². The van der Waals surface area contributed by atoms with Crippen LogP contribution >= 0.6 is 0 Å². The zero-order valence-electron chi connectivity index (χ0n) is 21.9. The third-order valence-electron chi connectivity index (χ3n) is 9.35. The summed E-state index contributed by atoms with van der Waals surface area (Å²) in [6, 6.07) is 3.67. The molecule has 31 heavy (non-hydrogen) atoms. The van der Waals surface area contributed by atoms with Gasteiger partial charge in [-0.3, -0.25) is 4.79 Å². The summed E-state index contributed by atoms with van der Waals surface area (Å²) in [6.07, 6.45) is 12.3. The van der Waals surface area contributed by atoms with E-state index < -0.39 is 8.32 Å². The van der Waals surface area contributed by atoms with Crippen molar-refractivity contribution < 1.29 is 9.22 Å². The lowest BCUT2D eigenvalue weighted by Gasteiger charge is -2.45. The lowest BCUT2D eigenvalue weighted by molar-refractivity contribution is -0.132. The maximum Gasteiger partial charge on any atom is 0.192 e. The number of ketones is 1. The fraction of sp³-hybridized carbons (Fsp3) is 0.893. The van der Waals surface area contributed by atoms with Crippen molar-refractivity contribution in [3.8, 4) is 0 Å². The summed E-state index contributed by atoms with van der Waals surface area (Å²) in [7, 11) is -1.56. The Balaban J connectivity index is 1.95. The molecule has 180 valence electrons. The largest absolute Gasteiger partial charge is 0.412 e. The number of Topliss-reactive ketones (excluding diaryl/α,β-unsaturated/α-hetero) is 1. The molecule has 0 unspecified atom stereocenters. The Kier molecular flexibility index (Phi) is 9.64. The highest BCUT2D eigenvalue weighted by Crippen LogP contribution is 2.58. The van der Waals surface area contributed by atoms with Crippen LogP contribution in [0.2, 0.25) is 18.1 Å². The Morgan fingerprint density at radius 1 is 1.23 bits per heavy atom. The van der Waals surface area contributed by atoms with Crippen molar-refractivity contribution in [2.24, 2.45) is 29.1 Å². The van der Waals surface area contributed by atoms with Gasteiger partial charge in [0.05, 0.1) is 5.60 Å². The van der Waals surface area contributed by atoms with Gasteiger partial charge in [-0.1, -0.05) is 53.5 Å². The van der Waals surface area contributed by atoms with E-state index in [0.29, 0.717) is 29.5 Å². The third-order valence-corrected chi connectivity index (χ3v) is 14.2. The molecule has 0 amide bonds. The summed E-state index contributed by atoms with van der Waals surface area (Å²) in [5.41, 5.74) is 0.216. The molecule has 2 nitrogen and oxygen atoms in total. The number of hydrogen-bond donors (Lipinski definition) is 0. The van der Waals surface area contributed by atoms with Gasteiger partial charge in [-0.15, -0.1) is 6.58 Å². The highest BCUT2D eigenvalue weighted by Gasteiger charge is 2.54. The van der Waals surface area contributed by atoms with E-state index in [4.69, 9.17) is 4.43 Å². The molecular weight excluding hydrogens is 396 g/mol. The van der Waals surface area contributed by atoms with E-state index in [-0.39, 0.29) is 11.0 Å². The van der Waals surface area contributed by atoms with Crippen LogP contribution in [0.4, 0.5) is 0 Å². The molecule has 2 aliphatic carbocycles. The number of carbonyl (C=O) groups excluding carboxylic acids is 1. The van der Waals surface area contributed by atoms with Gasteiger partial charge < -0.3 is 4.43 Å². The molecule has 0 radical (unpaired) electrons.